The smallest absolute Gasteiger partial charge is 0.213 e. The van der Waals surface area contributed by atoms with Gasteiger partial charge in [0.2, 0.25) is 5.88 Å². The average Bonchev–Trinajstić information content (AvgIpc) is 2.28. The van der Waals surface area contributed by atoms with Gasteiger partial charge in [-0.3, -0.25) is 0 Å². The number of nitrogens with zero attached hydrogens (tertiary/aromatic N) is 1. The van der Waals surface area contributed by atoms with Gasteiger partial charge >= 0.3 is 0 Å². The van der Waals surface area contributed by atoms with Crippen LogP contribution in [0.1, 0.15) is 5.56 Å². The number of anilines is 1. The van der Waals surface area contributed by atoms with E-state index in [2.05, 4.69) is 20.9 Å². The number of nitrogen functional groups attached to an aromatic ring is 1. The third-order valence-electron chi connectivity index (χ3n) is 2.03. The molecule has 0 saturated heterocycles. The molecule has 0 fully saturated rings. The van der Waals surface area contributed by atoms with Gasteiger partial charge in [-0.25, -0.2) is 4.98 Å². The lowest BCUT2D eigenvalue weighted by Gasteiger charge is -2.05. The van der Waals surface area contributed by atoms with Crippen molar-refractivity contribution in [3.8, 4) is 5.88 Å². The molecule has 1 aromatic carbocycles. The molecule has 2 rings (SSSR count). The molecule has 0 bridgehead atoms. The first-order valence-corrected chi connectivity index (χ1v) is 5.62. The first-order valence-electron chi connectivity index (χ1n) is 4.83. The van der Waals surface area contributed by atoms with Crippen LogP contribution in [0.4, 0.5) is 5.69 Å². The molecule has 0 saturated carbocycles. The highest BCUT2D eigenvalue weighted by atomic mass is 79.9. The van der Waals surface area contributed by atoms with Crippen LogP contribution in [0.2, 0.25) is 0 Å². The van der Waals surface area contributed by atoms with Gasteiger partial charge in [-0.05, 0) is 23.8 Å². The summed E-state index contributed by atoms with van der Waals surface area (Å²) >= 11 is 3.41. The fourth-order valence-electron chi connectivity index (χ4n) is 1.26. The van der Waals surface area contributed by atoms with Crippen molar-refractivity contribution in [3.05, 3.63) is 52.6 Å². The Morgan fingerprint density at radius 2 is 2.12 bits per heavy atom. The van der Waals surface area contributed by atoms with Gasteiger partial charge in [0.05, 0.1) is 11.9 Å². The van der Waals surface area contributed by atoms with Gasteiger partial charge in [-0.15, -0.1) is 0 Å². The average molecular weight is 279 g/mol. The van der Waals surface area contributed by atoms with E-state index in [1.54, 1.807) is 18.3 Å². The summed E-state index contributed by atoms with van der Waals surface area (Å²) in [7, 11) is 0. The number of ether oxygens (including phenoxy) is 1. The molecule has 4 heteroatoms. The van der Waals surface area contributed by atoms with E-state index in [0.29, 0.717) is 18.2 Å². The van der Waals surface area contributed by atoms with E-state index >= 15 is 0 Å². The first kappa shape index (κ1) is 11.0. The number of rotatable bonds is 3. The standard InChI is InChI=1S/C12H11BrN2O/c13-10-3-1-2-9(6-10)8-16-12-5-4-11(14)7-15-12/h1-7H,8,14H2. The number of benzene rings is 1. The van der Waals surface area contributed by atoms with Crippen molar-refractivity contribution in [2.45, 2.75) is 6.61 Å². The highest BCUT2D eigenvalue weighted by Crippen LogP contribution is 2.14. The van der Waals surface area contributed by atoms with Crippen LogP contribution in [0.5, 0.6) is 5.88 Å². The van der Waals surface area contributed by atoms with Crippen LogP contribution in [-0.2, 0) is 6.61 Å². The van der Waals surface area contributed by atoms with Crippen LogP contribution >= 0.6 is 15.9 Å². The van der Waals surface area contributed by atoms with E-state index in [1.807, 2.05) is 24.3 Å². The summed E-state index contributed by atoms with van der Waals surface area (Å²) in [6.45, 7) is 0.496. The van der Waals surface area contributed by atoms with E-state index in [0.717, 1.165) is 10.0 Å². The Bertz CT molecular complexity index is 471. The molecule has 0 aliphatic heterocycles. The van der Waals surface area contributed by atoms with Gasteiger partial charge < -0.3 is 10.5 Å². The molecule has 82 valence electrons. The van der Waals surface area contributed by atoms with Crippen LogP contribution in [0, 0.1) is 0 Å². The molecule has 0 atom stereocenters. The molecule has 0 unspecified atom stereocenters. The summed E-state index contributed by atoms with van der Waals surface area (Å²) in [6.07, 6.45) is 1.58. The Hall–Kier alpha value is -1.55. The Morgan fingerprint density at radius 3 is 2.81 bits per heavy atom. The zero-order valence-electron chi connectivity index (χ0n) is 8.56. The number of halogens is 1. The maximum atomic E-state index is 5.53. The van der Waals surface area contributed by atoms with E-state index in [9.17, 15) is 0 Å². The van der Waals surface area contributed by atoms with Crippen molar-refractivity contribution in [2.75, 3.05) is 5.73 Å². The highest BCUT2D eigenvalue weighted by molar-refractivity contribution is 9.10. The largest absolute Gasteiger partial charge is 0.473 e. The number of hydrogen-bond acceptors (Lipinski definition) is 3. The normalized spacial score (nSPS) is 10.1. The summed E-state index contributed by atoms with van der Waals surface area (Å²) in [4.78, 5) is 4.06. The number of pyridine rings is 1. The van der Waals surface area contributed by atoms with Crippen molar-refractivity contribution in [3.63, 3.8) is 0 Å². The predicted molar refractivity (Wildman–Crippen MR) is 67.1 cm³/mol. The molecule has 16 heavy (non-hydrogen) atoms. The Balaban J connectivity index is 1.99. The number of hydrogen-bond donors (Lipinski definition) is 1. The Labute approximate surface area is 102 Å². The fraction of sp³-hybridized carbons (Fsp3) is 0.0833. The third kappa shape index (κ3) is 2.97. The molecule has 0 radical (unpaired) electrons. The number of nitrogens with two attached hydrogens (primary N) is 1. The molecular weight excluding hydrogens is 268 g/mol. The lowest BCUT2D eigenvalue weighted by Crippen LogP contribution is -1.97. The summed E-state index contributed by atoms with van der Waals surface area (Å²) in [5.41, 5.74) is 7.25. The van der Waals surface area contributed by atoms with Crippen LogP contribution < -0.4 is 10.5 Å². The lowest BCUT2D eigenvalue weighted by molar-refractivity contribution is 0.294. The van der Waals surface area contributed by atoms with Crippen LogP contribution in [0.3, 0.4) is 0 Å². The molecule has 0 spiro atoms. The van der Waals surface area contributed by atoms with Gasteiger partial charge in [0.15, 0.2) is 0 Å². The highest BCUT2D eigenvalue weighted by Gasteiger charge is 1.97. The van der Waals surface area contributed by atoms with Crippen molar-refractivity contribution < 1.29 is 4.74 Å². The van der Waals surface area contributed by atoms with Crippen molar-refractivity contribution in [1.29, 1.82) is 0 Å². The molecule has 0 amide bonds. The topological polar surface area (TPSA) is 48.1 Å². The zero-order valence-corrected chi connectivity index (χ0v) is 10.1. The minimum Gasteiger partial charge on any atom is -0.473 e. The summed E-state index contributed by atoms with van der Waals surface area (Å²) in [5.74, 6) is 0.578. The fourth-order valence-corrected chi connectivity index (χ4v) is 1.71. The minimum atomic E-state index is 0.496. The zero-order chi connectivity index (χ0) is 11.4. The summed E-state index contributed by atoms with van der Waals surface area (Å²) < 4.78 is 6.56. The monoisotopic (exact) mass is 278 g/mol. The van der Waals surface area contributed by atoms with E-state index in [1.165, 1.54) is 0 Å². The molecule has 1 aromatic heterocycles. The van der Waals surface area contributed by atoms with Crippen LogP contribution in [0.25, 0.3) is 0 Å². The van der Waals surface area contributed by atoms with Gasteiger partial charge in [0, 0.05) is 10.5 Å². The number of aromatic nitrogens is 1. The third-order valence-corrected chi connectivity index (χ3v) is 2.53. The maximum Gasteiger partial charge on any atom is 0.213 e. The second-order valence-electron chi connectivity index (χ2n) is 3.35. The van der Waals surface area contributed by atoms with E-state index in [-0.39, 0.29) is 0 Å². The van der Waals surface area contributed by atoms with E-state index in [4.69, 9.17) is 10.5 Å². The van der Waals surface area contributed by atoms with Crippen LogP contribution in [-0.4, -0.2) is 4.98 Å². The Morgan fingerprint density at radius 1 is 1.25 bits per heavy atom. The van der Waals surface area contributed by atoms with Gasteiger partial charge in [-0.2, -0.15) is 0 Å². The van der Waals surface area contributed by atoms with Gasteiger partial charge in [0.25, 0.3) is 0 Å². The molecule has 2 aromatic rings. The second-order valence-corrected chi connectivity index (χ2v) is 4.26. The minimum absolute atomic E-state index is 0.496. The maximum absolute atomic E-state index is 5.53. The molecule has 1 heterocycles. The molecule has 3 nitrogen and oxygen atoms in total. The lowest BCUT2D eigenvalue weighted by atomic mass is 10.2. The van der Waals surface area contributed by atoms with Crippen molar-refractivity contribution in [1.82, 2.24) is 4.98 Å². The summed E-state index contributed by atoms with van der Waals surface area (Å²) in [5, 5.41) is 0. The molecule has 0 aliphatic carbocycles. The molecule has 2 N–H and O–H groups in total. The molecule has 0 aliphatic rings. The quantitative estimate of drug-likeness (QED) is 0.939. The summed E-state index contributed by atoms with van der Waals surface area (Å²) in [6, 6.07) is 11.5. The molecular formula is C12H11BrN2O. The van der Waals surface area contributed by atoms with Crippen molar-refractivity contribution in [2.24, 2.45) is 0 Å². The van der Waals surface area contributed by atoms with Crippen LogP contribution in [0.15, 0.2) is 47.1 Å². The van der Waals surface area contributed by atoms with Crippen molar-refractivity contribution >= 4 is 21.6 Å². The predicted octanol–water partition coefficient (Wildman–Crippen LogP) is 3.01. The van der Waals surface area contributed by atoms with E-state index < -0.39 is 0 Å². The van der Waals surface area contributed by atoms with Gasteiger partial charge in [-0.1, -0.05) is 28.1 Å². The second kappa shape index (κ2) is 4.99. The van der Waals surface area contributed by atoms with Gasteiger partial charge in [0.1, 0.15) is 6.61 Å². The Kier molecular flexibility index (Phi) is 3.41. The first-order chi connectivity index (χ1) is 7.74. The SMILES string of the molecule is Nc1ccc(OCc2cccc(Br)c2)nc1.